The second-order valence-corrected chi connectivity index (χ2v) is 4.84. The summed E-state index contributed by atoms with van der Waals surface area (Å²) in [7, 11) is -3.83. The molecule has 0 radical (unpaired) electrons. The molecule has 14 heavy (non-hydrogen) atoms. The monoisotopic (exact) mass is 222 g/mol. The number of rotatable bonds is 7. The molecule has 0 heterocycles. The van der Waals surface area contributed by atoms with Gasteiger partial charge in [0.15, 0.2) is 0 Å². The Morgan fingerprint density at radius 1 is 1.57 bits per heavy atom. The van der Waals surface area contributed by atoms with Crippen molar-refractivity contribution in [3.05, 3.63) is 0 Å². The summed E-state index contributed by atoms with van der Waals surface area (Å²) in [4.78, 5) is 0. The smallest absolute Gasteiger partial charge is 0.288 e. The molecule has 0 saturated heterocycles. The molecule has 0 spiro atoms. The van der Waals surface area contributed by atoms with E-state index < -0.39 is 16.5 Å². The third kappa shape index (κ3) is 5.54. The summed E-state index contributed by atoms with van der Waals surface area (Å²) in [6, 6.07) is 0.415. The first kappa shape index (κ1) is 11.9. The maximum atomic E-state index is 10.7. The van der Waals surface area contributed by atoms with Crippen LogP contribution in [0.4, 0.5) is 0 Å². The zero-order chi connectivity index (χ0) is 10.6. The molecule has 0 aliphatic heterocycles. The fraction of sp³-hybridized carbons (Fsp3) is 1.00. The van der Waals surface area contributed by atoms with Crippen LogP contribution in [-0.2, 0) is 14.5 Å². The normalized spacial score (nSPS) is 19.6. The summed E-state index contributed by atoms with van der Waals surface area (Å²) in [5, 5.41) is 7.92. The van der Waals surface area contributed by atoms with E-state index in [9.17, 15) is 8.42 Å². The third-order valence-electron chi connectivity index (χ3n) is 2.07. The molecular formula is C8H18N2O3S. The number of hydrogen-bond donors (Lipinski definition) is 2. The van der Waals surface area contributed by atoms with Crippen LogP contribution in [0.2, 0.25) is 0 Å². The second kappa shape index (κ2) is 5.06. The maximum absolute atomic E-state index is 10.7. The highest BCUT2D eigenvalue weighted by atomic mass is 32.2. The summed E-state index contributed by atoms with van der Waals surface area (Å²) in [6.45, 7) is 2.05. The minimum absolute atomic E-state index is 0.415. The van der Waals surface area contributed by atoms with Crippen LogP contribution in [0, 0.1) is 0 Å². The Hall–Kier alpha value is -0.170. The van der Waals surface area contributed by atoms with E-state index in [4.69, 9.17) is 9.32 Å². The van der Waals surface area contributed by atoms with Crippen LogP contribution in [0.3, 0.4) is 0 Å². The molecule has 1 rings (SSSR count). The zero-order valence-corrected chi connectivity index (χ0v) is 9.22. The van der Waals surface area contributed by atoms with Gasteiger partial charge < -0.3 is 0 Å². The molecule has 0 aromatic heterocycles. The van der Waals surface area contributed by atoms with Gasteiger partial charge in [-0.3, -0.25) is 5.32 Å². The molecule has 1 aliphatic carbocycles. The Kier molecular flexibility index (Phi) is 4.31. The molecule has 0 bridgehead atoms. The van der Waals surface area contributed by atoms with Crippen LogP contribution in [0.5, 0.6) is 0 Å². The van der Waals surface area contributed by atoms with E-state index >= 15 is 0 Å². The summed E-state index contributed by atoms with van der Waals surface area (Å²) in [5.74, 6) is 0. The highest BCUT2D eigenvalue weighted by Crippen LogP contribution is 2.21. The number of hydrogen-bond acceptors (Lipinski definition) is 4. The average Bonchev–Trinajstić information content (AvgIpc) is 2.81. The van der Waals surface area contributed by atoms with Gasteiger partial charge in [0, 0.05) is 6.04 Å². The average molecular weight is 222 g/mol. The lowest BCUT2D eigenvalue weighted by Gasteiger charge is -2.16. The molecule has 1 fully saturated rings. The van der Waals surface area contributed by atoms with E-state index in [1.807, 2.05) is 6.92 Å². The fourth-order valence-corrected chi connectivity index (χ4v) is 1.70. The lowest BCUT2D eigenvalue weighted by Crippen LogP contribution is -2.37. The quantitative estimate of drug-likeness (QED) is 0.614. The predicted octanol–water partition coefficient (Wildman–Crippen LogP) is 0.475. The molecular weight excluding hydrogens is 204 g/mol. The Labute approximate surface area is 85.3 Å². The van der Waals surface area contributed by atoms with Gasteiger partial charge in [0.25, 0.3) is 0 Å². The Morgan fingerprint density at radius 2 is 2.21 bits per heavy atom. The molecule has 0 aromatic carbocycles. The van der Waals surface area contributed by atoms with E-state index in [0.717, 1.165) is 25.7 Å². The number of unbranched alkanes of at least 4 members (excludes halogenated alkanes) is 1. The van der Waals surface area contributed by atoms with Crippen LogP contribution >= 0.6 is 0 Å². The van der Waals surface area contributed by atoms with Gasteiger partial charge in [0.1, 0.15) is 6.23 Å². The molecule has 0 aromatic rings. The van der Waals surface area contributed by atoms with Crippen molar-refractivity contribution in [2.45, 2.75) is 51.3 Å². The molecule has 1 unspecified atom stereocenters. The second-order valence-electron chi connectivity index (χ2n) is 3.66. The molecule has 1 aliphatic rings. The summed E-state index contributed by atoms with van der Waals surface area (Å²) < 4.78 is 26.2. The molecule has 1 saturated carbocycles. The molecule has 84 valence electrons. The minimum Gasteiger partial charge on any atom is -0.288 e. The van der Waals surface area contributed by atoms with Gasteiger partial charge in [-0.05, 0) is 25.7 Å². The van der Waals surface area contributed by atoms with Crippen molar-refractivity contribution in [3.8, 4) is 0 Å². The molecule has 0 amide bonds. The molecule has 5 nitrogen and oxygen atoms in total. The highest BCUT2D eigenvalue weighted by molar-refractivity contribution is 7.84. The first-order valence-corrected chi connectivity index (χ1v) is 6.45. The summed E-state index contributed by atoms with van der Waals surface area (Å²) >= 11 is 0. The van der Waals surface area contributed by atoms with Crippen molar-refractivity contribution in [3.63, 3.8) is 0 Å². The predicted molar refractivity (Wildman–Crippen MR) is 53.7 cm³/mol. The Bertz CT molecular complexity index is 262. The lowest BCUT2D eigenvalue weighted by atomic mass is 10.2. The van der Waals surface area contributed by atoms with Crippen molar-refractivity contribution in [2.75, 3.05) is 0 Å². The van der Waals surface area contributed by atoms with E-state index in [0.29, 0.717) is 12.5 Å². The molecule has 6 heteroatoms. The van der Waals surface area contributed by atoms with E-state index in [2.05, 4.69) is 5.32 Å². The lowest BCUT2D eigenvalue weighted by molar-refractivity contribution is 0.156. The number of nitrogens with two attached hydrogens (primary N) is 1. The van der Waals surface area contributed by atoms with Crippen molar-refractivity contribution >= 4 is 10.3 Å². The van der Waals surface area contributed by atoms with Crippen LogP contribution in [0.15, 0.2) is 0 Å². The number of nitrogens with one attached hydrogen (secondary N) is 1. The summed E-state index contributed by atoms with van der Waals surface area (Å²) in [5.41, 5.74) is 0. The van der Waals surface area contributed by atoms with Gasteiger partial charge >= 0.3 is 10.3 Å². The maximum Gasteiger partial charge on any atom is 0.334 e. The van der Waals surface area contributed by atoms with E-state index in [-0.39, 0.29) is 0 Å². The van der Waals surface area contributed by atoms with E-state index in [1.54, 1.807) is 0 Å². The Balaban J connectivity index is 2.34. The van der Waals surface area contributed by atoms with Crippen molar-refractivity contribution in [1.82, 2.24) is 5.32 Å². The minimum atomic E-state index is -3.83. The van der Waals surface area contributed by atoms with Gasteiger partial charge in [0.2, 0.25) is 0 Å². The van der Waals surface area contributed by atoms with Crippen molar-refractivity contribution in [1.29, 1.82) is 0 Å². The van der Waals surface area contributed by atoms with Crippen LogP contribution in [0.25, 0.3) is 0 Å². The van der Waals surface area contributed by atoms with Crippen molar-refractivity contribution < 1.29 is 12.6 Å². The first-order chi connectivity index (χ1) is 6.51. The molecule has 3 N–H and O–H groups in total. The summed E-state index contributed by atoms with van der Waals surface area (Å²) in [6.07, 6.45) is 4.37. The Morgan fingerprint density at radius 3 is 2.64 bits per heavy atom. The van der Waals surface area contributed by atoms with E-state index in [1.165, 1.54) is 0 Å². The van der Waals surface area contributed by atoms with Gasteiger partial charge in [0.05, 0.1) is 0 Å². The third-order valence-corrected chi connectivity index (χ3v) is 2.57. The topological polar surface area (TPSA) is 81.4 Å². The van der Waals surface area contributed by atoms with Crippen LogP contribution in [-0.4, -0.2) is 20.7 Å². The van der Waals surface area contributed by atoms with Gasteiger partial charge in [-0.15, -0.1) is 0 Å². The fourth-order valence-electron chi connectivity index (χ4n) is 1.22. The standard InChI is InChI=1S/C8H18N2O3S/c1-2-3-4-8(10-7-5-6-7)13-14(9,11)12/h7-8,10H,2-6H2,1H3,(H2,9,11,12). The largest absolute Gasteiger partial charge is 0.334 e. The van der Waals surface area contributed by atoms with Gasteiger partial charge in [-0.1, -0.05) is 13.3 Å². The molecule has 1 atom stereocenters. The highest BCUT2D eigenvalue weighted by Gasteiger charge is 2.26. The van der Waals surface area contributed by atoms with Crippen molar-refractivity contribution in [2.24, 2.45) is 5.14 Å². The first-order valence-electron chi connectivity index (χ1n) is 4.98. The van der Waals surface area contributed by atoms with Crippen LogP contribution < -0.4 is 10.5 Å². The zero-order valence-electron chi connectivity index (χ0n) is 8.40. The van der Waals surface area contributed by atoms with Gasteiger partial charge in [-0.2, -0.15) is 8.42 Å². The van der Waals surface area contributed by atoms with Crippen LogP contribution in [0.1, 0.15) is 39.0 Å². The van der Waals surface area contributed by atoms with Gasteiger partial charge in [-0.25, -0.2) is 9.32 Å². The SMILES string of the molecule is CCCCC(NC1CC1)OS(N)(=O)=O.